The van der Waals surface area contributed by atoms with Gasteiger partial charge in [-0.25, -0.2) is 9.78 Å². The van der Waals surface area contributed by atoms with E-state index in [0.717, 1.165) is 33.3 Å². The molecule has 0 aliphatic rings. The van der Waals surface area contributed by atoms with Crippen LogP contribution in [0.25, 0.3) is 21.5 Å². The summed E-state index contributed by atoms with van der Waals surface area (Å²) in [7, 11) is 1.65. The van der Waals surface area contributed by atoms with Crippen LogP contribution in [0.1, 0.15) is 5.56 Å². The number of methoxy groups -OCH3 is 1. The first-order chi connectivity index (χ1) is 13.6. The Balaban J connectivity index is 1.37. The largest absolute Gasteiger partial charge is 0.497 e. The summed E-state index contributed by atoms with van der Waals surface area (Å²) in [4.78, 5) is 19.3. The molecule has 0 aliphatic carbocycles. The van der Waals surface area contributed by atoms with Gasteiger partial charge in [0.1, 0.15) is 5.75 Å². The summed E-state index contributed by atoms with van der Waals surface area (Å²) >= 11 is 1.53. The summed E-state index contributed by atoms with van der Waals surface area (Å²) in [5.41, 5.74) is 9.57. The number of anilines is 1. The van der Waals surface area contributed by atoms with Crippen LogP contribution in [0.3, 0.4) is 0 Å². The minimum absolute atomic E-state index is 0.0359. The van der Waals surface area contributed by atoms with Gasteiger partial charge in [0, 0.05) is 18.8 Å². The number of H-pyrrole nitrogens is 1. The van der Waals surface area contributed by atoms with Crippen molar-refractivity contribution in [1.82, 2.24) is 9.97 Å². The monoisotopic (exact) mass is 396 g/mol. The number of benzene rings is 2. The van der Waals surface area contributed by atoms with E-state index in [1.807, 2.05) is 42.5 Å². The number of fused-ring (bicyclic) bond motifs is 1. The van der Waals surface area contributed by atoms with Crippen LogP contribution in [0.15, 0.2) is 57.9 Å². The van der Waals surface area contributed by atoms with Crippen molar-refractivity contribution in [2.24, 2.45) is 5.73 Å². The van der Waals surface area contributed by atoms with E-state index in [0.29, 0.717) is 17.6 Å². The third kappa shape index (κ3) is 4.08. The van der Waals surface area contributed by atoms with Gasteiger partial charge in [0.25, 0.3) is 0 Å². The van der Waals surface area contributed by atoms with Crippen LogP contribution < -0.4 is 21.5 Å². The number of ether oxygens (including phenoxy) is 1. The van der Waals surface area contributed by atoms with Crippen LogP contribution in [0.4, 0.5) is 5.13 Å². The highest BCUT2D eigenvalue weighted by Gasteiger charge is 2.10. The molecule has 28 heavy (non-hydrogen) atoms. The van der Waals surface area contributed by atoms with E-state index in [4.69, 9.17) is 14.9 Å². The number of hydrogen-bond acceptors (Lipinski definition) is 7. The number of hydrogen-bond donors (Lipinski definition) is 3. The van der Waals surface area contributed by atoms with Gasteiger partial charge in [0.05, 0.1) is 17.5 Å². The summed E-state index contributed by atoms with van der Waals surface area (Å²) < 4.78 is 10.3. The Morgan fingerprint density at radius 3 is 2.89 bits per heavy atom. The maximum atomic E-state index is 11.3. The van der Waals surface area contributed by atoms with Crippen LogP contribution in [-0.2, 0) is 6.42 Å². The minimum Gasteiger partial charge on any atom is -0.497 e. The molecule has 0 unspecified atom stereocenters. The van der Waals surface area contributed by atoms with Gasteiger partial charge in [-0.1, -0.05) is 29.5 Å². The van der Waals surface area contributed by atoms with E-state index in [1.165, 1.54) is 11.3 Å². The quantitative estimate of drug-likeness (QED) is 0.443. The highest BCUT2D eigenvalue weighted by Crippen LogP contribution is 2.30. The zero-order chi connectivity index (χ0) is 19.5. The molecule has 7 nitrogen and oxygen atoms in total. The molecule has 4 aromatic rings. The smallest absolute Gasteiger partial charge is 0.417 e. The third-order valence-corrected chi connectivity index (χ3v) is 5.39. The topological polar surface area (TPSA) is 106 Å². The van der Waals surface area contributed by atoms with E-state index < -0.39 is 5.76 Å². The first-order valence-corrected chi connectivity index (χ1v) is 9.64. The zero-order valence-electron chi connectivity index (χ0n) is 15.3. The van der Waals surface area contributed by atoms with Gasteiger partial charge in [-0.05, 0) is 41.8 Å². The van der Waals surface area contributed by atoms with Crippen LogP contribution in [0.5, 0.6) is 5.75 Å². The molecule has 8 heteroatoms. The number of nitrogens with one attached hydrogen (secondary N) is 2. The van der Waals surface area contributed by atoms with Gasteiger partial charge in [-0.2, -0.15) is 0 Å². The van der Waals surface area contributed by atoms with Crippen molar-refractivity contribution in [2.45, 2.75) is 12.5 Å². The molecular weight excluding hydrogens is 376 g/mol. The van der Waals surface area contributed by atoms with Crippen molar-refractivity contribution >= 4 is 27.6 Å². The average Bonchev–Trinajstić information content (AvgIpc) is 3.32. The average molecular weight is 396 g/mol. The van der Waals surface area contributed by atoms with Gasteiger partial charge < -0.3 is 20.2 Å². The lowest BCUT2D eigenvalue weighted by molar-refractivity contribution is 0.414. The maximum Gasteiger partial charge on any atom is 0.417 e. The van der Waals surface area contributed by atoms with E-state index in [1.54, 1.807) is 13.3 Å². The highest BCUT2D eigenvalue weighted by molar-refractivity contribution is 7.18. The molecule has 0 bridgehead atoms. The summed E-state index contributed by atoms with van der Waals surface area (Å²) in [6.07, 6.45) is 2.56. The van der Waals surface area contributed by atoms with Crippen LogP contribution in [-0.4, -0.2) is 29.7 Å². The molecule has 2 aromatic heterocycles. The van der Waals surface area contributed by atoms with Crippen molar-refractivity contribution in [2.75, 3.05) is 19.0 Å². The molecule has 0 saturated carbocycles. The Morgan fingerprint density at radius 2 is 2.11 bits per heavy atom. The van der Waals surface area contributed by atoms with Gasteiger partial charge in [-0.15, -0.1) is 0 Å². The Labute approximate surface area is 165 Å². The van der Waals surface area contributed by atoms with E-state index >= 15 is 0 Å². The number of aromatic amines is 1. The molecule has 2 aromatic carbocycles. The molecule has 0 aliphatic heterocycles. The molecule has 0 saturated heterocycles. The Kier molecular flexibility index (Phi) is 5.14. The van der Waals surface area contributed by atoms with E-state index in [9.17, 15) is 4.79 Å². The van der Waals surface area contributed by atoms with Gasteiger partial charge in [0.15, 0.2) is 10.7 Å². The number of nitrogens with two attached hydrogens (primary N) is 1. The van der Waals surface area contributed by atoms with Gasteiger partial charge in [0.2, 0.25) is 0 Å². The summed E-state index contributed by atoms with van der Waals surface area (Å²) in [5, 5.41) is 4.10. The fraction of sp³-hybridized carbons (Fsp3) is 0.200. The predicted molar refractivity (Wildman–Crippen MR) is 111 cm³/mol. The van der Waals surface area contributed by atoms with Crippen LogP contribution in [0.2, 0.25) is 0 Å². The standard InChI is InChI=1S/C20H20N4O3S/c1-26-15-5-2-12(3-6-15)8-14(21)10-22-19-23-11-18(28-19)13-4-7-16-17(9-13)27-20(25)24-16/h2-7,9,11,14H,8,10,21H2,1H3,(H,22,23)(H,24,25)/t14-/m0/s1. The van der Waals surface area contributed by atoms with Crippen molar-refractivity contribution in [3.63, 3.8) is 0 Å². The predicted octanol–water partition coefficient (Wildman–Crippen LogP) is 3.24. The van der Waals surface area contributed by atoms with Crippen molar-refractivity contribution in [3.8, 4) is 16.2 Å². The first-order valence-electron chi connectivity index (χ1n) is 8.82. The molecule has 0 amide bonds. The molecule has 144 valence electrons. The SMILES string of the molecule is COc1ccc(C[C@H](N)CNc2ncc(-c3ccc4[nH]c(=O)oc4c3)s2)cc1. The molecule has 4 N–H and O–H groups in total. The van der Waals surface area contributed by atoms with E-state index in [2.05, 4.69) is 15.3 Å². The van der Waals surface area contributed by atoms with E-state index in [-0.39, 0.29) is 6.04 Å². The Bertz CT molecular complexity index is 1130. The lowest BCUT2D eigenvalue weighted by Crippen LogP contribution is -2.31. The third-order valence-electron chi connectivity index (χ3n) is 4.38. The molecule has 1 atom stereocenters. The molecule has 4 rings (SSSR count). The Morgan fingerprint density at radius 1 is 1.29 bits per heavy atom. The fourth-order valence-corrected chi connectivity index (χ4v) is 3.76. The molecule has 0 fully saturated rings. The zero-order valence-corrected chi connectivity index (χ0v) is 16.1. The molecule has 0 radical (unpaired) electrons. The number of thiazole rings is 1. The minimum atomic E-state index is -0.454. The summed E-state index contributed by atoms with van der Waals surface area (Å²) in [5.74, 6) is 0.382. The van der Waals surface area contributed by atoms with Gasteiger partial charge in [-0.3, -0.25) is 4.98 Å². The van der Waals surface area contributed by atoms with Crippen LogP contribution in [0, 0.1) is 0 Å². The maximum absolute atomic E-state index is 11.3. The number of nitrogens with zero attached hydrogens (tertiary/aromatic N) is 1. The molecule has 0 spiro atoms. The highest BCUT2D eigenvalue weighted by atomic mass is 32.1. The second-order valence-corrected chi connectivity index (χ2v) is 7.48. The molecular formula is C20H20N4O3S. The van der Waals surface area contributed by atoms with Crippen molar-refractivity contribution in [1.29, 1.82) is 0 Å². The Hall–Kier alpha value is -3.10. The summed E-state index contributed by atoms with van der Waals surface area (Å²) in [6.45, 7) is 0.616. The normalized spacial score (nSPS) is 12.2. The second-order valence-electron chi connectivity index (χ2n) is 6.45. The lowest BCUT2D eigenvalue weighted by Gasteiger charge is -2.12. The van der Waals surface area contributed by atoms with Crippen molar-refractivity contribution in [3.05, 3.63) is 64.8 Å². The number of rotatable bonds is 7. The fourth-order valence-electron chi connectivity index (χ4n) is 2.94. The van der Waals surface area contributed by atoms with Crippen LogP contribution >= 0.6 is 11.3 Å². The number of oxazole rings is 1. The van der Waals surface area contributed by atoms with Gasteiger partial charge >= 0.3 is 5.76 Å². The summed E-state index contributed by atoms with van der Waals surface area (Å²) in [6, 6.07) is 13.5. The molecule has 2 heterocycles. The lowest BCUT2D eigenvalue weighted by atomic mass is 10.1. The number of aromatic nitrogens is 2. The second kappa shape index (κ2) is 7.87. The van der Waals surface area contributed by atoms with Crippen molar-refractivity contribution < 1.29 is 9.15 Å². The first kappa shape index (κ1) is 18.3.